The molecule has 1 aromatic heterocycles. The second kappa shape index (κ2) is 4.56. The first-order valence-corrected chi connectivity index (χ1v) is 7.01. The molecule has 2 aliphatic rings. The quantitative estimate of drug-likeness (QED) is 0.889. The van der Waals surface area contributed by atoms with E-state index in [1.54, 1.807) is 6.07 Å². The van der Waals surface area contributed by atoms with Crippen LogP contribution < -0.4 is 5.32 Å². The number of carbonyl (C=O) groups excluding carboxylic acids is 1. The summed E-state index contributed by atoms with van der Waals surface area (Å²) in [6.07, 6.45) is 1.45. The number of hydrogen-bond acceptors (Lipinski definition) is 5. The number of amides is 1. The first-order valence-electron chi connectivity index (χ1n) is 7.01. The molecule has 0 saturated carbocycles. The van der Waals surface area contributed by atoms with E-state index < -0.39 is 0 Å². The molecular weight excluding hydrogens is 256 g/mol. The molecule has 3 rings (SSSR count). The summed E-state index contributed by atoms with van der Waals surface area (Å²) in [4.78, 5) is 16.7. The van der Waals surface area contributed by atoms with E-state index in [-0.39, 0.29) is 16.7 Å². The lowest BCUT2D eigenvalue weighted by Crippen LogP contribution is -2.36. The van der Waals surface area contributed by atoms with Crippen molar-refractivity contribution in [2.45, 2.75) is 13.8 Å². The molecule has 110 valence electrons. The van der Waals surface area contributed by atoms with Crippen LogP contribution in [-0.2, 0) is 4.79 Å². The van der Waals surface area contributed by atoms with Gasteiger partial charge in [-0.2, -0.15) is 0 Å². The van der Waals surface area contributed by atoms with Gasteiger partial charge in [-0.05, 0) is 7.05 Å². The van der Waals surface area contributed by atoms with Crippen LogP contribution in [-0.4, -0.2) is 60.6 Å². The normalized spacial score (nSPS) is 34.4. The van der Waals surface area contributed by atoms with Crippen LogP contribution in [0.3, 0.4) is 0 Å². The zero-order valence-corrected chi connectivity index (χ0v) is 12.3. The summed E-state index contributed by atoms with van der Waals surface area (Å²) in [5, 5.41) is 6.45. The van der Waals surface area contributed by atoms with E-state index in [4.69, 9.17) is 4.52 Å². The first-order chi connectivity index (χ1) is 9.40. The maximum absolute atomic E-state index is 12.0. The van der Waals surface area contributed by atoms with Crippen LogP contribution >= 0.6 is 0 Å². The lowest BCUT2D eigenvalue weighted by molar-refractivity contribution is -0.117. The molecule has 2 aliphatic heterocycles. The zero-order chi connectivity index (χ0) is 14.4. The van der Waals surface area contributed by atoms with E-state index in [0.29, 0.717) is 12.4 Å². The minimum absolute atomic E-state index is 0.0283. The largest absolute Gasteiger partial charge is 0.363 e. The smallest absolute Gasteiger partial charge is 0.239 e. The number of hydrogen-bond donors (Lipinski definition) is 1. The van der Waals surface area contributed by atoms with Crippen LogP contribution in [0.25, 0.3) is 0 Å². The van der Waals surface area contributed by atoms with Gasteiger partial charge in [0.05, 0.1) is 6.54 Å². The average molecular weight is 278 g/mol. The predicted octanol–water partition coefficient (Wildman–Crippen LogP) is 0.887. The molecule has 0 aromatic carbocycles. The van der Waals surface area contributed by atoms with Gasteiger partial charge >= 0.3 is 0 Å². The highest BCUT2D eigenvalue weighted by molar-refractivity contribution is 5.91. The second-order valence-corrected chi connectivity index (χ2v) is 6.87. The molecular formula is C14H22N4O2. The number of aromatic nitrogens is 1. The third-order valence-corrected chi connectivity index (χ3v) is 4.91. The van der Waals surface area contributed by atoms with Crippen molar-refractivity contribution in [3.8, 4) is 0 Å². The monoisotopic (exact) mass is 278 g/mol. The number of fused-ring (bicyclic) bond motifs is 1. The van der Waals surface area contributed by atoms with Crippen molar-refractivity contribution in [2.24, 2.45) is 10.8 Å². The Balaban J connectivity index is 1.60. The summed E-state index contributed by atoms with van der Waals surface area (Å²) in [5.74, 6) is 0.450. The van der Waals surface area contributed by atoms with E-state index in [1.807, 2.05) is 0 Å². The lowest BCUT2D eigenvalue weighted by atomic mass is 9.71. The van der Waals surface area contributed by atoms with E-state index in [9.17, 15) is 4.79 Å². The summed E-state index contributed by atoms with van der Waals surface area (Å²) in [5.41, 5.74) is 0.547. The van der Waals surface area contributed by atoms with Gasteiger partial charge < -0.3 is 14.7 Å². The van der Waals surface area contributed by atoms with Gasteiger partial charge in [0.25, 0.3) is 0 Å². The molecule has 6 heteroatoms. The summed E-state index contributed by atoms with van der Waals surface area (Å²) >= 11 is 0. The highest BCUT2D eigenvalue weighted by atomic mass is 16.5. The van der Waals surface area contributed by atoms with Crippen molar-refractivity contribution in [1.29, 1.82) is 0 Å². The molecule has 0 spiro atoms. The molecule has 6 nitrogen and oxygen atoms in total. The van der Waals surface area contributed by atoms with Gasteiger partial charge in [0, 0.05) is 43.1 Å². The van der Waals surface area contributed by atoms with Crippen molar-refractivity contribution in [3.63, 3.8) is 0 Å². The SMILES string of the molecule is CN1CC2(C)CN(CC(=O)Nc3ccon3)CC2(C)C1. The molecule has 0 radical (unpaired) electrons. The number of carbonyl (C=O) groups is 1. The van der Waals surface area contributed by atoms with Gasteiger partial charge in [-0.25, -0.2) is 0 Å². The van der Waals surface area contributed by atoms with Gasteiger partial charge in [-0.15, -0.1) is 0 Å². The van der Waals surface area contributed by atoms with E-state index in [0.717, 1.165) is 26.2 Å². The fourth-order valence-corrected chi connectivity index (χ4v) is 3.93. The average Bonchev–Trinajstić information content (AvgIpc) is 2.90. The van der Waals surface area contributed by atoms with Gasteiger partial charge in [-0.3, -0.25) is 9.69 Å². The summed E-state index contributed by atoms with van der Waals surface area (Å²) in [6, 6.07) is 1.65. The Labute approximate surface area is 119 Å². The predicted molar refractivity (Wildman–Crippen MR) is 75.3 cm³/mol. The van der Waals surface area contributed by atoms with Gasteiger partial charge in [0.15, 0.2) is 5.82 Å². The minimum atomic E-state index is -0.0283. The first kappa shape index (κ1) is 13.6. The van der Waals surface area contributed by atoms with E-state index in [1.165, 1.54) is 6.26 Å². The van der Waals surface area contributed by atoms with Crippen LogP contribution in [0.4, 0.5) is 5.82 Å². The lowest BCUT2D eigenvalue weighted by Gasteiger charge is -2.31. The van der Waals surface area contributed by atoms with Crippen molar-refractivity contribution in [2.75, 3.05) is 45.1 Å². The number of nitrogens with one attached hydrogen (secondary N) is 1. The molecule has 20 heavy (non-hydrogen) atoms. The Bertz CT molecular complexity index is 483. The Morgan fingerprint density at radius 1 is 1.35 bits per heavy atom. The highest BCUT2D eigenvalue weighted by Gasteiger charge is 2.56. The van der Waals surface area contributed by atoms with E-state index in [2.05, 4.69) is 41.2 Å². The number of rotatable bonds is 3. The fourth-order valence-electron chi connectivity index (χ4n) is 3.93. The van der Waals surface area contributed by atoms with Crippen LogP contribution in [0.1, 0.15) is 13.8 Å². The summed E-state index contributed by atoms with van der Waals surface area (Å²) in [6.45, 7) is 9.25. The van der Waals surface area contributed by atoms with Gasteiger partial charge in [0.1, 0.15) is 6.26 Å². The molecule has 2 atom stereocenters. The molecule has 2 fully saturated rings. The molecule has 2 saturated heterocycles. The van der Waals surface area contributed by atoms with Crippen molar-refractivity contribution in [1.82, 2.24) is 15.0 Å². The van der Waals surface area contributed by atoms with Crippen molar-refractivity contribution in [3.05, 3.63) is 12.3 Å². The van der Waals surface area contributed by atoms with Gasteiger partial charge in [-0.1, -0.05) is 19.0 Å². The second-order valence-electron chi connectivity index (χ2n) is 6.87. The third kappa shape index (κ3) is 2.23. The summed E-state index contributed by atoms with van der Waals surface area (Å²) < 4.78 is 4.71. The Kier molecular flexibility index (Phi) is 3.10. The molecule has 3 heterocycles. The molecule has 1 N–H and O–H groups in total. The minimum Gasteiger partial charge on any atom is -0.363 e. The maximum Gasteiger partial charge on any atom is 0.239 e. The maximum atomic E-state index is 12.0. The Morgan fingerprint density at radius 3 is 2.55 bits per heavy atom. The highest BCUT2D eigenvalue weighted by Crippen LogP contribution is 2.50. The number of anilines is 1. The molecule has 1 amide bonds. The molecule has 2 unspecified atom stereocenters. The van der Waals surface area contributed by atoms with Crippen LogP contribution in [0.15, 0.2) is 16.9 Å². The molecule has 1 aromatic rings. The number of nitrogens with zero attached hydrogens (tertiary/aromatic N) is 3. The standard InChI is InChI=1S/C14H22N4O2/c1-13-7-17(3)8-14(13,2)10-18(9-13)6-12(19)15-11-4-5-20-16-11/h4-5H,6-10H2,1-3H3,(H,15,16,19). The van der Waals surface area contributed by atoms with E-state index >= 15 is 0 Å². The Morgan fingerprint density at radius 2 is 2.00 bits per heavy atom. The molecule has 0 aliphatic carbocycles. The van der Waals surface area contributed by atoms with Crippen LogP contribution in [0, 0.1) is 10.8 Å². The van der Waals surface area contributed by atoms with Gasteiger partial charge in [0.2, 0.25) is 5.91 Å². The third-order valence-electron chi connectivity index (χ3n) is 4.91. The summed E-state index contributed by atoms with van der Waals surface area (Å²) in [7, 11) is 2.18. The fraction of sp³-hybridized carbons (Fsp3) is 0.714. The van der Waals surface area contributed by atoms with Crippen molar-refractivity contribution >= 4 is 11.7 Å². The van der Waals surface area contributed by atoms with Crippen LogP contribution in [0.5, 0.6) is 0 Å². The zero-order valence-electron chi connectivity index (χ0n) is 12.3. The molecule has 0 bridgehead atoms. The number of likely N-dealkylation sites (tertiary alicyclic amines) is 2. The Hall–Kier alpha value is -1.40. The van der Waals surface area contributed by atoms with Crippen molar-refractivity contribution < 1.29 is 9.32 Å². The van der Waals surface area contributed by atoms with Crippen LogP contribution in [0.2, 0.25) is 0 Å². The topological polar surface area (TPSA) is 61.6 Å².